The second-order valence-electron chi connectivity index (χ2n) is 5.46. The Balaban J connectivity index is 1.70. The molecule has 1 aromatic heterocycles. The number of thiazole rings is 1. The van der Waals surface area contributed by atoms with Crippen LogP contribution >= 0.6 is 11.3 Å². The van der Waals surface area contributed by atoms with Crippen molar-refractivity contribution in [1.29, 1.82) is 0 Å². The molecule has 1 aromatic carbocycles. The zero-order chi connectivity index (χ0) is 14.8. The summed E-state index contributed by atoms with van der Waals surface area (Å²) in [4.78, 5) is 16.7. The number of carbonyl (C=O) groups excluding carboxylic acids is 1. The number of hydrogen-bond donors (Lipinski definition) is 2. The number of nitrogens with two attached hydrogens (primary N) is 1. The summed E-state index contributed by atoms with van der Waals surface area (Å²) in [7, 11) is 0. The number of nitrogens with one attached hydrogen (secondary N) is 1. The minimum Gasteiger partial charge on any atom is -0.381 e. The van der Waals surface area contributed by atoms with Crippen molar-refractivity contribution in [2.75, 3.05) is 18.5 Å². The molecule has 3 N–H and O–H groups in total. The van der Waals surface area contributed by atoms with Crippen molar-refractivity contribution < 1.29 is 9.53 Å². The second-order valence-corrected chi connectivity index (χ2v) is 6.49. The lowest BCUT2D eigenvalue weighted by molar-refractivity contribution is -0.119. The van der Waals surface area contributed by atoms with E-state index in [1.807, 2.05) is 19.1 Å². The Kier molecular flexibility index (Phi) is 4.19. The predicted molar refractivity (Wildman–Crippen MR) is 84.5 cm³/mol. The molecule has 6 heteroatoms. The van der Waals surface area contributed by atoms with Crippen molar-refractivity contribution in [1.82, 2.24) is 4.98 Å². The first-order valence-corrected chi connectivity index (χ1v) is 7.96. The number of rotatable bonds is 3. The van der Waals surface area contributed by atoms with E-state index < -0.39 is 6.04 Å². The summed E-state index contributed by atoms with van der Waals surface area (Å²) < 4.78 is 6.38. The van der Waals surface area contributed by atoms with Gasteiger partial charge in [0.2, 0.25) is 5.91 Å². The SMILES string of the molecule is Cc1ccc2nc(NC(=O)C(N)C3CCOCC3)sc2c1. The average molecular weight is 305 g/mol. The Labute approximate surface area is 127 Å². The van der Waals surface area contributed by atoms with E-state index in [-0.39, 0.29) is 11.8 Å². The maximum absolute atomic E-state index is 12.2. The summed E-state index contributed by atoms with van der Waals surface area (Å²) in [5.41, 5.74) is 8.15. The Morgan fingerprint density at radius 1 is 1.48 bits per heavy atom. The smallest absolute Gasteiger partial charge is 0.243 e. The number of benzene rings is 1. The molecular formula is C15H19N3O2S. The van der Waals surface area contributed by atoms with E-state index >= 15 is 0 Å². The Morgan fingerprint density at radius 2 is 2.24 bits per heavy atom. The second kappa shape index (κ2) is 6.09. The van der Waals surface area contributed by atoms with Crippen LogP contribution in [0.15, 0.2) is 18.2 Å². The monoisotopic (exact) mass is 305 g/mol. The molecule has 1 fully saturated rings. The van der Waals surface area contributed by atoms with Gasteiger partial charge in [0.25, 0.3) is 0 Å². The van der Waals surface area contributed by atoms with Crippen molar-refractivity contribution in [2.45, 2.75) is 25.8 Å². The third kappa shape index (κ3) is 3.23. The molecule has 1 amide bonds. The number of carbonyl (C=O) groups is 1. The number of anilines is 1. The van der Waals surface area contributed by atoms with E-state index in [1.165, 1.54) is 16.9 Å². The van der Waals surface area contributed by atoms with Gasteiger partial charge in [0.15, 0.2) is 5.13 Å². The Morgan fingerprint density at radius 3 is 3.00 bits per heavy atom. The fourth-order valence-electron chi connectivity index (χ4n) is 2.56. The highest BCUT2D eigenvalue weighted by Crippen LogP contribution is 2.27. The van der Waals surface area contributed by atoms with Crippen LogP contribution in [0.1, 0.15) is 18.4 Å². The van der Waals surface area contributed by atoms with Crippen LogP contribution in [0.3, 0.4) is 0 Å². The van der Waals surface area contributed by atoms with Gasteiger partial charge in [-0.3, -0.25) is 4.79 Å². The zero-order valence-electron chi connectivity index (χ0n) is 12.0. The van der Waals surface area contributed by atoms with Gasteiger partial charge in [-0.05, 0) is 43.4 Å². The molecule has 3 rings (SSSR count). The number of aromatic nitrogens is 1. The van der Waals surface area contributed by atoms with Crippen molar-refractivity contribution in [3.8, 4) is 0 Å². The molecule has 1 saturated heterocycles. The number of nitrogens with zero attached hydrogens (tertiary/aromatic N) is 1. The fourth-order valence-corrected chi connectivity index (χ4v) is 3.53. The van der Waals surface area contributed by atoms with E-state index in [2.05, 4.69) is 16.4 Å². The summed E-state index contributed by atoms with van der Waals surface area (Å²) in [6.45, 7) is 3.41. The lowest BCUT2D eigenvalue weighted by Gasteiger charge is -2.26. The first-order valence-electron chi connectivity index (χ1n) is 7.15. The molecule has 1 aliphatic rings. The molecule has 21 heavy (non-hydrogen) atoms. The zero-order valence-corrected chi connectivity index (χ0v) is 12.8. The third-order valence-corrected chi connectivity index (χ3v) is 4.78. The quantitative estimate of drug-likeness (QED) is 0.912. The van der Waals surface area contributed by atoms with Crippen LogP contribution in [0, 0.1) is 12.8 Å². The first-order chi connectivity index (χ1) is 10.1. The van der Waals surface area contributed by atoms with Crippen LogP contribution in [0.2, 0.25) is 0 Å². The topological polar surface area (TPSA) is 77.2 Å². The van der Waals surface area contributed by atoms with Gasteiger partial charge < -0.3 is 15.8 Å². The molecule has 2 aromatic rings. The van der Waals surface area contributed by atoms with E-state index in [9.17, 15) is 4.79 Å². The fraction of sp³-hybridized carbons (Fsp3) is 0.467. The molecule has 2 heterocycles. The van der Waals surface area contributed by atoms with Crippen LogP contribution in [0.25, 0.3) is 10.2 Å². The highest BCUT2D eigenvalue weighted by atomic mass is 32.1. The number of ether oxygens (including phenoxy) is 1. The van der Waals surface area contributed by atoms with Crippen molar-refractivity contribution >= 4 is 32.6 Å². The van der Waals surface area contributed by atoms with Gasteiger partial charge >= 0.3 is 0 Å². The molecule has 0 aliphatic carbocycles. The summed E-state index contributed by atoms with van der Waals surface area (Å²) in [5.74, 6) is 0.0352. The Hall–Kier alpha value is -1.50. The van der Waals surface area contributed by atoms with Crippen molar-refractivity contribution in [3.63, 3.8) is 0 Å². The Bertz CT molecular complexity index is 649. The number of fused-ring (bicyclic) bond motifs is 1. The minimum atomic E-state index is -0.498. The van der Waals surface area contributed by atoms with E-state index in [4.69, 9.17) is 10.5 Å². The van der Waals surface area contributed by atoms with E-state index in [0.29, 0.717) is 18.3 Å². The normalized spacial score (nSPS) is 17.8. The molecule has 1 aliphatic heterocycles. The third-order valence-electron chi connectivity index (χ3n) is 3.85. The first kappa shape index (κ1) is 14.4. The lowest BCUT2D eigenvalue weighted by atomic mass is 9.92. The molecule has 0 bridgehead atoms. The van der Waals surface area contributed by atoms with E-state index in [1.54, 1.807) is 0 Å². The minimum absolute atomic E-state index is 0.155. The maximum atomic E-state index is 12.2. The summed E-state index contributed by atoms with van der Waals surface area (Å²) >= 11 is 1.48. The number of amides is 1. The summed E-state index contributed by atoms with van der Waals surface area (Å²) in [6.07, 6.45) is 1.68. The lowest BCUT2D eigenvalue weighted by Crippen LogP contribution is -2.43. The largest absolute Gasteiger partial charge is 0.381 e. The summed E-state index contributed by atoms with van der Waals surface area (Å²) in [6, 6.07) is 5.56. The van der Waals surface area contributed by atoms with Gasteiger partial charge in [-0.2, -0.15) is 0 Å². The molecule has 1 atom stereocenters. The van der Waals surface area contributed by atoms with Crippen LogP contribution in [0.4, 0.5) is 5.13 Å². The van der Waals surface area contributed by atoms with Crippen LogP contribution in [-0.4, -0.2) is 30.1 Å². The molecule has 1 unspecified atom stereocenters. The van der Waals surface area contributed by atoms with Gasteiger partial charge in [-0.25, -0.2) is 4.98 Å². The molecule has 112 valence electrons. The molecule has 0 saturated carbocycles. The maximum Gasteiger partial charge on any atom is 0.243 e. The molecular weight excluding hydrogens is 286 g/mol. The van der Waals surface area contributed by atoms with Crippen LogP contribution in [-0.2, 0) is 9.53 Å². The van der Waals surface area contributed by atoms with Gasteiger partial charge in [0.1, 0.15) is 0 Å². The molecule has 5 nitrogen and oxygen atoms in total. The average Bonchev–Trinajstić information content (AvgIpc) is 2.88. The van der Waals surface area contributed by atoms with Crippen LogP contribution < -0.4 is 11.1 Å². The molecule has 0 spiro atoms. The van der Waals surface area contributed by atoms with Crippen LogP contribution in [0.5, 0.6) is 0 Å². The highest BCUT2D eigenvalue weighted by Gasteiger charge is 2.27. The van der Waals surface area contributed by atoms with Crippen molar-refractivity contribution in [3.05, 3.63) is 23.8 Å². The molecule has 0 radical (unpaired) electrons. The summed E-state index contributed by atoms with van der Waals surface area (Å²) in [5, 5.41) is 3.46. The number of hydrogen-bond acceptors (Lipinski definition) is 5. The predicted octanol–water partition coefficient (Wildman–Crippen LogP) is 2.30. The van der Waals surface area contributed by atoms with Gasteiger partial charge in [-0.15, -0.1) is 0 Å². The van der Waals surface area contributed by atoms with Crippen molar-refractivity contribution in [2.24, 2.45) is 11.7 Å². The highest BCUT2D eigenvalue weighted by molar-refractivity contribution is 7.22. The van der Waals surface area contributed by atoms with Gasteiger partial charge in [0, 0.05) is 13.2 Å². The van der Waals surface area contributed by atoms with Gasteiger partial charge in [0.05, 0.1) is 16.3 Å². The van der Waals surface area contributed by atoms with E-state index in [0.717, 1.165) is 23.1 Å². The van der Waals surface area contributed by atoms with Gasteiger partial charge in [-0.1, -0.05) is 17.4 Å². The number of aryl methyl sites for hydroxylation is 1. The standard InChI is InChI=1S/C15H19N3O2S/c1-9-2-3-11-12(8-9)21-15(17-11)18-14(19)13(16)10-4-6-20-7-5-10/h2-3,8,10,13H,4-7,16H2,1H3,(H,17,18,19).